The summed E-state index contributed by atoms with van der Waals surface area (Å²) in [4.78, 5) is 4.07. The zero-order valence-electron chi connectivity index (χ0n) is 13.5. The standard InChI is InChI=1S/C15H21N3O3S/c1-10-13(11(2)21-18-10)9-16-12-6-7-14(17-8-12)22(19,20)15(3,4)5/h6-8,16H,9H2,1-5H3. The van der Waals surface area contributed by atoms with E-state index in [0.717, 1.165) is 22.7 Å². The van der Waals surface area contributed by atoms with Crippen molar-refractivity contribution in [2.45, 2.75) is 50.9 Å². The molecular weight excluding hydrogens is 302 g/mol. The van der Waals surface area contributed by atoms with E-state index >= 15 is 0 Å². The Morgan fingerprint density at radius 3 is 2.36 bits per heavy atom. The average molecular weight is 323 g/mol. The number of aryl methyl sites for hydroxylation is 2. The van der Waals surface area contributed by atoms with Gasteiger partial charge in [0.1, 0.15) is 5.76 Å². The van der Waals surface area contributed by atoms with Gasteiger partial charge in [0.15, 0.2) is 14.9 Å². The van der Waals surface area contributed by atoms with Gasteiger partial charge in [-0.2, -0.15) is 0 Å². The van der Waals surface area contributed by atoms with E-state index < -0.39 is 14.6 Å². The molecule has 6 nitrogen and oxygen atoms in total. The van der Waals surface area contributed by atoms with Crippen molar-refractivity contribution >= 4 is 15.5 Å². The van der Waals surface area contributed by atoms with Crippen LogP contribution in [0.3, 0.4) is 0 Å². The van der Waals surface area contributed by atoms with E-state index in [1.807, 2.05) is 13.8 Å². The first-order chi connectivity index (χ1) is 10.1. The summed E-state index contributed by atoms with van der Waals surface area (Å²) in [6, 6.07) is 3.24. The van der Waals surface area contributed by atoms with E-state index in [1.54, 1.807) is 26.8 Å². The molecule has 2 heterocycles. The highest BCUT2D eigenvalue weighted by Crippen LogP contribution is 2.24. The van der Waals surface area contributed by atoms with Crippen LogP contribution in [0.15, 0.2) is 27.9 Å². The smallest absolute Gasteiger partial charge is 0.200 e. The van der Waals surface area contributed by atoms with Crippen LogP contribution in [-0.2, 0) is 16.4 Å². The highest BCUT2D eigenvalue weighted by Gasteiger charge is 2.31. The lowest BCUT2D eigenvalue weighted by Gasteiger charge is -2.18. The van der Waals surface area contributed by atoms with Crippen LogP contribution < -0.4 is 5.32 Å². The maximum Gasteiger partial charge on any atom is 0.200 e. The first kappa shape index (κ1) is 16.5. The second-order valence-corrected chi connectivity index (χ2v) is 8.81. The predicted octanol–water partition coefficient (Wildman–Crippen LogP) is 2.87. The van der Waals surface area contributed by atoms with Crippen LogP contribution >= 0.6 is 0 Å². The van der Waals surface area contributed by atoms with Crippen molar-refractivity contribution in [2.24, 2.45) is 0 Å². The van der Waals surface area contributed by atoms with Crippen molar-refractivity contribution in [3.05, 3.63) is 35.3 Å². The average Bonchev–Trinajstić information content (AvgIpc) is 2.75. The van der Waals surface area contributed by atoms with Crippen LogP contribution in [0.2, 0.25) is 0 Å². The minimum Gasteiger partial charge on any atom is -0.380 e. The normalized spacial score (nSPS) is 12.4. The van der Waals surface area contributed by atoms with E-state index in [2.05, 4.69) is 15.5 Å². The molecule has 0 aliphatic rings. The van der Waals surface area contributed by atoms with Gasteiger partial charge in [0, 0.05) is 12.1 Å². The van der Waals surface area contributed by atoms with Gasteiger partial charge in [0.25, 0.3) is 0 Å². The minimum absolute atomic E-state index is 0.0860. The minimum atomic E-state index is -3.43. The summed E-state index contributed by atoms with van der Waals surface area (Å²) in [7, 11) is -3.43. The second kappa shape index (κ2) is 5.72. The Morgan fingerprint density at radius 2 is 1.91 bits per heavy atom. The number of rotatable bonds is 4. The molecule has 0 saturated carbocycles. The Hall–Kier alpha value is -1.89. The lowest BCUT2D eigenvalue weighted by Crippen LogP contribution is -2.28. The van der Waals surface area contributed by atoms with Crippen molar-refractivity contribution in [3.63, 3.8) is 0 Å². The lowest BCUT2D eigenvalue weighted by atomic mass is 10.2. The molecule has 0 atom stereocenters. The molecule has 120 valence electrons. The predicted molar refractivity (Wildman–Crippen MR) is 84.5 cm³/mol. The summed E-state index contributed by atoms with van der Waals surface area (Å²) < 4.78 is 28.8. The molecular formula is C15H21N3O3S. The summed E-state index contributed by atoms with van der Waals surface area (Å²) in [5.74, 6) is 0.768. The largest absolute Gasteiger partial charge is 0.380 e. The molecule has 7 heteroatoms. The van der Waals surface area contributed by atoms with Crippen LogP contribution in [0.5, 0.6) is 0 Å². The fraction of sp³-hybridized carbons (Fsp3) is 0.467. The number of hydrogen-bond donors (Lipinski definition) is 1. The van der Waals surface area contributed by atoms with Crippen molar-refractivity contribution in [1.82, 2.24) is 10.1 Å². The van der Waals surface area contributed by atoms with E-state index in [-0.39, 0.29) is 5.03 Å². The van der Waals surface area contributed by atoms with Crippen molar-refractivity contribution in [2.75, 3.05) is 5.32 Å². The molecule has 2 aromatic rings. The molecule has 0 aromatic carbocycles. The molecule has 0 saturated heterocycles. The Labute approximate surface area is 130 Å². The third-order valence-electron chi connectivity index (χ3n) is 3.47. The summed E-state index contributed by atoms with van der Waals surface area (Å²) in [5.41, 5.74) is 2.57. The highest BCUT2D eigenvalue weighted by molar-refractivity contribution is 7.92. The topological polar surface area (TPSA) is 85.1 Å². The molecule has 0 fully saturated rings. The molecule has 1 N–H and O–H groups in total. The first-order valence-electron chi connectivity index (χ1n) is 6.99. The summed E-state index contributed by atoms with van der Waals surface area (Å²) in [6.45, 7) is 9.27. The maximum atomic E-state index is 12.3. The molecule has 22 heavy (non-hydrogen) atoms. The zero-order chi connectivity index (χ0) is 16.5. The van der Waals surface area contributed by atoms with Gasteiger partial charge in [-0.15, -0.1) is 0 Å². The highest BCUT2D eigenvalue weighted by atomic mass is 32.2. The summed E-state index contributed by atoms with van der Waals surface area (Å²) in [5, 5.41) is 7.17. The molecule has 2 rings (SSSR count). The number of pyridine rings is 1. The van der Waals surface area contributed by atoms with Gasteiger partial charge >= 0.3 is 0 Å². The number of sulfone groups is 1. The molecule has 0 spiro atoms. The quantitative estimate of drug-likeness (QED) is 0.931. The lowest BCUT2D eigenvalue weighted by molar-refractivity contribution is 0.392. The van der Waals surface area contributed by atoms with E-state index in [0.29, 0.717) is 6.54 Å². The summed E-state index contributed by atoms with van der Waals surface area (Å²) >= 11 is 0. The summed E-state index contributed by atoms with van der Waals surface area (Å²) in [6.07, 6.45) is 1.52. The Morgan fingerprint density at radius 1 is 1.23 bits per heavy atom. The van der Waals surface area contributed by atoms with E-state index in [1.165, 1.54) is 12.3 Å². The third-order valence-corrected chi connectivity index (χ3v) is 5.87. The van der Waals surface area contributed by atoms with E-state index in [9.17, 15) is 8.42 Å². The third kappa shape index (κ3) is 3.14. The van der Waals surface area contributed by atoms with Crippen LogP contribution in [0.25, 0.3) is 0 Å². The van der Waals surface area contributed by atoms with Crippen LogP contribution in [-0.4, -0.2) is 23.3 Å². The fourth-order valence-corrected chi connectivity index (χ4v) is 2.97. The SMILES string of the molecule is Cc1noc(C)c1CNc1ccc(S(=O)(=O)C(C)(C)C)nc1. The molecule has 0 aliphatic heterocycles. The number of anilines is 1. The monoisotopic (exact) mass is 323 g/mol. The first-order valence-corrected chi connectivity index (χ1v) is 8.47. The molecule has 2 aromatic heterocycles. The van der Waals surface area contributed by atoms with Crippen molar-refractivity contribution < 1.29 is 12.9 Å². The number of nitrogens with one attached hydrogen (secondary N) is 1. The Kier molecular flexibility index (Phi) is 4.28. The zero-order valence-corrected chi connectivity index (χ0v) is 14.3. The fourth-order valence-electron chi connectivity index (χ4n) is 1.90. The maximum absolute atomic E-state index is 12.3. The van der Waals surface area contributed by atoms with Crippen LogP contribution in [0.4, 0.5) is 5.69 Å². The molecule has 0 unspecified atom stereocenters. The van der Waals surface area contributed by atoms with Crippen LogP contribution in [0.1, 0.15) is 37.8 Å². The Balaban J connectivity index is 2.14. The van der Waals surface area contributed by atoms with Gasteiger partial charge in [-0.25, -0.2) is 13.4 Å². The molecule has 0 aliphatic carbocycles. The van der Waals surface area contributed by atoms with Crippen molar-refractivity contribution in [3.8, 4) is 0 Å². The van der Waals surface area contributed by atoms with E-state index in [4.69, 9.17) is 4.52 Å². The van der Waals surface area contributed by atoms with Gasteiger partial charge in [-0.05, 0) is 46.8 Å². The molecule has 0 radical (unpaired) electrons. The Bertz CT molecular complexity index is 737. The van der Waals surface area contributed by atoms with Crippen molar-refractivity contribution in [1.29, 1.82) is 0 Å². The molecule has 0 bridgehead atoms. The number of nitrogens with zero attached hydrogens (tertiary/aromatic N) is 2. The number of aromatic nitrogens is 2. The van der Waals surface area contributed by atoms with Gasteiger partial charge in [-0.3, -0.25) is 0 Å². The number of hydrogen-bond acceptors (Lipinski definition) is 6. The second-order valence-electron chi connectivity index (χ2n) is 6.16. The van der Waals surface area contributed by atoms with Gasteiger partial charge < -0.3 is 9.84 Å². The van der Waals surface area contributed by atoms with Gasteiger partial charge in [-0.1, -0.05) is 5.16 Å². The van der Waals surface area contributed by atoms with Gasteiger partial charge in [0.05, 0.1) is 22.3 Å². The molecule has 0 amide bonds. The van der Waals surface area contributed by atoms with Gasteiger partial charge in [0.2, 0.25) is 0 Å². The van der Waals surface area contributed by atoms with Crippen LogP contribution in [0, 0.1) is 13.8 Å².